The molecule has 3 rings (SSSR count). The van der Waals surface area contributed by atoms with E-state index < -0.39 is 6.09 Å². The molecule has 2 heterocycles. The number of alkyl carbamates (subject to hydrolysis) is 1. The maximum Gasteiger partial charge on any atom is 0.407 e. The van der Waals surface area contributed by atoms with Crippen LogP contribution in [0, 0.1) is 11.8 Å². The molecular formula is C26H45NO6. The van der Waals surface area contributed by atoms with Gasteiger partial charge in [0, 0.05) is 7.11 Å². The highest BCUT2D eigenvalue weighted by Gasteiger charge is 2.72. The smallest absolute Gasteiger partial charge is 0.407 e. The van der Waals surface area contributed by atoms with Gasteiger partial charge in [0.2, 0.25) is 0 Å². The highest BCUT2D eigenvalue weighted by Crippen LogP contribution is 2.59. The van der Waals surface area contributed by atoms with E-state index in [1.54, 1.807) is 7.11 Å². The summed E-state index contributed by atoms with van der Waals surface area (Å²) in [5, 5.41) is 3.02. The largest absolute Gasteiger partial charge is 0.443 e. The number of hydrogen-bond donors (Lipinski definition) is 1. The van der Waals surface area contributed by atoms with E-state index >= 15 is 0 Å². The Bertz CT molecular complexity index is 721. The van der Waals surface area contributed by atoms with Crippen molar-refractivity contribution in [3.8, 4) is 0 Å². The Morgan fingerprint density at radius 2 is 1.94 bits per heavy atom. The lowest BCUT2D eigenvalue weighted by atomic mass is 9.68. The van der Waals surface area contributed by atoms with Gasteiger partial charge in [0.1, 0.15) is 23.4 Å². The zero-order valence-corrected chi connectivity index (χ0v) is 22.0. The molecule has 1 spiro atoms. The van der Waals surface area contributed by atoms with E-state index in [-0.39, 0.29) is 53.0 Å². The fraction of sp³-hybridized carbons (Fsp3) is 0.885. The first-order valence-electron chi connectivity index (χ1n) is 12.4. The number of amides is 1. The normalized spacial score (nSPS) is 36.4. The molecule has 2 saturated heterocycles. The third kappa shape index (κ3) is 6.30. The molecule has 0 radical (unpaired) electrons. The quantitative estimate of drug-likeness (QED) is 0.393. The first-order chi connectivity index (χ1) is 15.3. The van der Waals surface area contributed by atoms with Gasteiger partial charge >= 0.3 is 6.09 Å². The SMILES string of the molecule is COC1C(OC(=O)NC(COC(C)(C)C)C(C)C)CCC2(CO2)C1C1(C)OC1CC=C(C)C. The predicted molar refractivity (Wildman–Crippen MR) is 127 cm³/mol. The molecule has 0 bridgehead atoms. The Morgan fingerprint density at radius 1 is 1.27 bits per heavy atom. The van der Waals surface area contributed by atoms with Crippen LogP contribution in [0.25, 0.3) is 0 Å². The topological polar surface area (TPSA) is 81.9 Å². The van der Waals surface area contributed by atoms with Gasteiger partial charge in [0.25, 0.3) is 0 Å². The molecule has 0 aromatic rings. The van der Waals surface area contributed by atoms with Gasteiger partial charge in [-0.15, -0.1) is 0 Å². The van der Waals surface area contributed by atoms with Gasteiger partial charge in [-0.05, 0) is 66.7 Å². The fourth-order valence-corrected chi connectivity index (χ4v) is 5.13. The highest BCUT2D eigenvalue weighted by molar-refractivity contribution is 5.68. The first kappa shape index (κ1) is 26.5. The fourth-order valence-electron chi connectivity index (χ4n) is 5.13. The second kappa shape index (κ2) is 9.84. The second-order valence-corrected chi connectivity index (χ2v) is 11.7. The van der Waals surface area contributed by atoms with Crippen molar-refractivity contribution in [2.45, 2.75) is 116 Å². The zero-order valence-electron chi connectivity index (χ0n) is 22.0. The Kier molecular flexibility index (Phi) is 7.89. The van der Waals surface area contributed by atoms with Gasteiger partial charge < -0.3 is 29.0 Å². The lowest BCUT2D eigenvalue weighted by molar-refractivity contribution is -0.118. The van der Waals surface area contributed by atoms with Crippen molar-refractivity contribution >= 4 is 6.09 Å². The summed E-state index contributed by atoms with van der Waals surface area (Å²) in [5.41, 5.74) is 0.441. The molecule has 33 heavy (non-hydrogen) atoms. The predicted octanol–water partition coefficient (Wildman–Crippen LogP) is 4.63. The standard InChI is InChI=1S/C26H45NO6/c1-16(2)10-11-20-25(8,33-20)22-21(29-9)19(12-13-26(22)15-31-26)32-23(28)27-18(17(3)4)14-30-24(5,6)7/h10,17-22H,11-15H2,1-9H3,(H,27,28). The summed E-state index contributed by atoms with van der Waals surface area (Å²) in [5.74, 6) is 0.234. The van der Waals surface area contributed by atoms with E-state index in [4.69, 9.17) is 23.7 Å². The average Bonchev–Trinajstić information content (AvgIpc) is 3.61. The van der Waals surface area contributed by atoms with Crippen LogP contribution in [0.4, 0.5) is 4.79 Å². The Balaban J connectivity index is 1.66. The molecule has 1 aliphatic carbocycles. The molecule has 3 fully saturated rings. The summed E-state index contributed by atoms with van der Waals surface area (Å²) < 4.78 is 30.1. The van der Waals surface area contributed by atoms with Crippen LogP contribution in [0.5, 0.6) is 0 Å². The molecule has 7 atom stereocenters. The number of epoxide rings is 2. The second-order valence-electron chi connectivity index (χ2n) is 11.7. The molecule has 1 amide bonds. The van der Waals surface area contributed by atoms with E-state index in [0.717, 1.165) is 12.8 Å². The summed E-state index contributed by atoms with van der Waals surface area (Å²) in [6.45, 7) is 17.7. The molecule has 190 valence electrons. The Labute approximate surface area is 199 Å². The minimum atomic E-state index is -0.423. The number of hydrogen-bond acceptors (Lipinski definition) is 6. The van der Waals surface area contributed by atoms with Crippen LogP contribution >= 0.6 is 0 Å². The summed E-state index contributed by atoms with van der Waals surface area (Å²) in [6.07, 6.45) is 3.71. The van der Waals surface area contributed by atoms with Gasteiger partial charge in [-0.3, -0.25) is 0 Å². The first-order valence-corrected chi connectivity index (χ1v) is 12.4. The van der Waals surface area contributed by atoms with E-state index in [2.05, 4.69) is 46.0 Å². The molecule has 1 N–H and O–H groups in total. The van der Waals surface area contributed by atoms with Crippen molar-refractivity contribution in [1.29, 1.82) is 0 Å². The van der Waals surface area contributed by atoms with Gasteiger partial charge in [-0.2, -0.15) is 0 Å². The maximum atomic E-state index is 12.9. The van der Waals surface area contributed by atoms with Gasteiger partial charge in [-0.25, -0.2) is 4.79 Å². The molecule has 1 saturated carbocycles. The number of carbonyl (C=O) groups is 1. The molecule has 0 aromatic carbocycles. The molecular weight excluding hydrogens is 422 g/mol. The number of methoxy groups -OCH3 is 1. The van der Waals surface area contributed by atoms with E-state index in [1.165, 1.54) is 5.57 Å². The van der Waals surface area contributed by atoms with Gasteiger partial charge in [0.15, 0.2) is 0 Å². The van der Waals surface area contributed by atoms with Crippen molar-refractivity contribution < 1.29 is 28.5 Å². The zero-order chi connectivity index (χ0) is 24.6. The van der Waals surface area contributed by atoms with E-state index in [9.17, 15) is 4.79 Å². The molecule has 7 nitrogen and oxygen atoms in total. The van der Waals surface area contributed by atoms with Crippen LogP contribution in [0.15, 0.2) is 11.6 Å². The number of rotatable bonds is 9. The summed E-state index contributed by atoms with van der Waals surface area (Å²) in [4.78, 5) is 12.9. The van der Waals surface area contributed by atoms with Crippen LogP contribution in [-0.4, -0.2) is 67.6 Å². The van der Waals surface area contributed by atoms with Crippen molar-refractivity contribution in [3.05, 3.63) is 11.6 Å². The molecule has 3 aliphatic rings. The summed E-state index contributed by atoms with van der Waals surface area (Å²) >= 11 is 0. The van der Waals surface area contributed by atoms with Crippen LogP contribution in [0.2, 0.25) is 0 Å². The Hall–Kier alpha value is -1.15. The van der Waals surface area contributed by atoms with Crippen LogP contribution in [-0.2, 0) is 23.7 Å². The third-order valence-corrected chi connectivity index (χ3v) is 7.30. The number of allylic oxidation sites excluding steroid dienone is 1. The van der Waals surface area contributed by atoms with Crippen molar-refractivity contribution in [1.82, 2.24) is 5.32 Å². The molecule has 7 heteroatoms. The third-order valence-electron chi connectivity index (χ3n) is 7.30. The lowest BCUT2D eigenvalue weighted by Crippen LogP contribution is -2.56. The average molecular weight is 468 g/mol. The number of nitrogens with one attached hydrogen (secondary N) is 1. The van der Waals surface area contributed by atoms with Crippen molar-refractivity contribution in [2.24, 2.45) is 11.8 Å². The van der Waals surface area contributed by atoms with Crippen molar-refractivity contribution in [3.63, 3.8) is 0 Å². The summed E-state index contributed by atoms with van der Waals surface area (Å²) in [7, 11) is 1.69. The van der Waals surface area contributed by atoms with Crippen LogP contribution in [0.1, 0.15) is 74.7 Å². The van der Waals surface area contributed by atoms with E-state index in [1.807, 2.05) is 20.8 Å². The monoisotopic (exact) mass is 467 g/mol. The molecule has 7 unspecified atom stereocenters. The van der Waals surface area contributed by atoms with Gasteiger partial charge in [-0.1, -0.05) is 25.5 Å². The van der Waals surface area contributed by atoms with Crippen molar-refractivity contribution in [2.75, 3.05) is 20.3 Å². The van der Waals surface area contributed by atoms with Crippen LogP contribution < -0.4 is 5.32 Å². The maximum absolute atomic E-state index is 12.9. The molecule has 0 aromatic heterocycles. The number of ether oxygens (including phenoxy) is 5. The number of carbonyl (C=O) groups excluding carboxylic acids is 1. The highest BCUT2D eigenvalue weighted by atomic mass is 16.6. The Morgan fingerprint density at radius 3 is 2.45 bits per heavy atom. The lowest BCUT2D eigenvalue weighted by Gasteiger charge is -2.42. The van der Waals surface area contributed by atoms with Gasteiger partial charge in [0.05, 0.1) is 36.9 Å². The van der Waals surface area contributed by atoms with Crippen LogP contribution in [0.3, 0.4) is 0 Å². The summed E-state index contributed by atoms with van der Waals surface area (Å²) in [6, 6.07) is -0.132. The minimum absolute atomic E-state index is 0.0160. The van der Waals surface area contributed by atoms with E-state index in [0.29, 0.717) is 19.6 Å². The minimum Gasteiger partial charge on any atom is -0.443 e. The molecule has 2 aliphatic heterocycles.